The van der Waals surface area contributed by atoms with E-state index in [2.05, 4.69) is 17.4 Å². The molecule has 0 aliphatic heterocycles. The van der Waals surface area contributed by atoms with Crippen molar-refractivity contribution in [3.63, 3.8) is 0 Å². The lowest BCUT2D eigenvalue weighted by atomic mass is 9.98. The summed E-state index contributed by atoms with van der Waals surface area (Å²) >= 11 is 0. The molecule has 2 aromatic rings. The number of hydrogen-bond acceptors (Lipinski definition) is 4. The van der Waals surface area contributed by atoms with E-state index in [0.717, 1.165) is 34.2 Å². The van der Waals surface area contributed by atoms with Gasteiger partial charge in [-0.2, -0.15) is 0 Å². The summed E-state index contributed by atoms with van der Waals surface area (Å²) in [7, 11) is 0. The maximum Gasteiger partial charge on any atom is 0.407 e. The molecule has 1 amide bonds. The molecule has 3 N–H and O–H groups in total. The van der Waals surface area contributed by atoms with Crippen LogP contribution >= 0.6 is 0 Å². The maximum absolute atomic E-state index is 12.4. The number of aliphatic hydroxyl groups is 1. The van der Waals surface area contributed by atoms with Crippen LogP contribution in [0.2, 0.25) is 0 Å². The molecule has 0 aromatic heterocycles. The quantitative estimate of drug-likeness (QED) is 0.635. The second-order valence-corrected chi connectivity index (χ2v) is 7.78. The molecule has 6 nitrogen and oxygen atoms in total. The fraction of sp³-hybridized carbons (Fsp3) is 0.333. The third kappa shape index (κ3) is 3.96. The molecule has 4 rings (SSSR count). The Morgan fingerprint density at radius 2 is 1.73 bits per heavy atom. The maximum atomic E-state index is 12.4. The highest BCUT2D eigenvalue weighted by molar-refractivity contribution is 5.79. The van der Waals surface area contributed by atoms with Gasteiger partial charge in [-0.15, -0.1) is 0 Å². The van der Waals surface area contributed by atoms with Gasteiger partial charge in [0.25, 0.3) is 0 Å². The van der Waals surface area contributed by atoms with Gasteiger partial charge in [-0.25, -0.2) is 4.79 Å². The first-order valence-corrected chi connectivity index (χ1v) is 10.2. The number of carboxylic acid groups (broad SMARTS) is 1. The molecule has 1 fully saturated rings. The van der Waals surface area contributed by atoms with Crippen LogP contribution in [-0.4, -0.2) is 41.5 Å². The Balaban J connectivity index is 1.42. The van der Waals surface area contributed by atoms with Crippen LogP contribution in [0.1, 0.15) is 36.3 Å². The molecule has 0 heterocycles. The molecule has 2 aliphatic rings. The highest BCUT2D eigenvalue weighted by Crippen LogP contribution is 2.44. The monoisotopic (exact) mass is 407 g/mol. The number of rotatable bonds is 6. The van der Waals surface area contributed by atoms with Gasteiger partial charge in [-0.3, -0.25) is 4.79 Å². The molecule has 0 spiro atoms. The fourth-order valence-corrected chi connectivity index (χ4v) is 4.54. The van der Waals surface area contributed by atoms with Gasteiger partial charge in [-0.05, 0) is 41.5 Å². The average Bonchev–Trinajstić information content (AvgIpc) is 3.34. The second-order valence-electron chi connectivity index (χ2n) is 7.78. The van der Waals surface area contributed by atoms with Crippen molar-refractivity contribution in [2.24, 2.45) is 5.92 Å². The molecule has 0 bridgehead atoms. The van der Waals surface area contributed by atoms with Crippen LogP contribution in [0.3, 0.4) is 0 Å². The van der Waals surface area contributed by atoms with E-state index in [1.165, 1.54) is 0 Å². The van der Waals surface area contributed by atoms with E-state index < -0.39 is 24.0 Å². The molecule has 156 valence electrons. The van der Waals surface area contributed by atoms with Crippen molar-refractivity contribution < 1.29 is 24.5 Å². The number of nitrogens with one attached hydrogen (secondary N) is 1. The van der Waals surface area contributed by atoms with Crippen LogP contribution in [0.25, 0.3) is 11.1 Å². The van der Waals surface area contributed by atoms with Crippen LogP contribution in [0.15, 0.2) is 60.2 Å². The first-order chi connectivity index (χ1) is 14.6. The molecular formula is C24H25NO5. The SMILES string of the molecule is O=C(N[C@@H](/C=C1\CCC[C@H]1C(=O)O)CO)OCC1c2ccccc2-c2ccccc21. The van der Waals surface area contributed by atoms with E-state index in [-0.39, 0.29) is 19.1 Å². The highest BCUT2D eigenvalue weighted by atomic mass is 16.5. The Labute approximate surface area is 175 Å². The number of aliphatic carboxylic acids is 1. The Hall–Kier alpha value is -3.12. The minimum absolute atomic E-state index is 0.0414. The Bertz CT molecular complexity index is 938. The van der Waals surface area contributed by atoms with E-state index in [4.69, 9.17) is 4.74 Å². The summed E-state index contributed by atoms with van der Waals surface area (Å²) in [4.78, 5) is 23.7. The summed E-state index contributed by atoms with van der Waals surface area (Å²) in [5.74, 6) is -1.44. The fourth-order valence-electron chi connectivity index (χ4n) is 4.54. The van der Waals surface area contributed by atoms with Crippen LogP contribution in [-0.2, 0) is 9.53 Å². The molecule has 2 aromatic carbocycles. The number of fused-ring (bicyclic) bond motifs is 3. The number of carbonyl (C=O) groups excluding carboxylic acids is 1. The summed E-state index contributed by atoms with van der Waals surface area (Å²) in [6.07, 6.45) is 3.08. The van der Waals surface area contributed by atoms with Gasteiger partial charge in [0.2, 0.25) is 0 Å². The van der Waals surface area contributed by atoms with Gasteiger partial charge in [-0.1, -0.05) is 60.2 Å². The van der Waals surface area contributed by atoms with E-state index in [1.54, 1.807) is 6.08 Å². The number of aliphatic hydroxyl groups excluding tert-OH is 1. The number of amides is 1. The van der Waals surface area contributed by atoms with E-state index in [9.17, 15) is 19.8 Å². The molecular weight excluding hydrogens is 382 g/mol. The van der Waals surface area contributed by atoms with Crippen molar-refractivity contribution in [1.29, 1.82) is 0 Å². The average molecular weight is 407 g/mol. The molecule has 1 saturated carbocycles. The van der Waals surface area contributed by atoms with Crippen molar-refractivity contribution in [2.75, 3.05) is 13.2 Å². The van der Waals surface area contributed by atoms with Crippen LogP contribution in [0.4, 0.5) is 4.79 Å². The lowest BCUT2D eigenvalue weighted by Gasteiger charge is -2.18. The van der Waals surface area contributed by atoms with E-state index in [0.29, 0.717) is 12.8 Å². The minimum atomic E-state index is -0.864. The number of carbonyl (C=O) groups is 2. The summed E-state index contributed by atoms with van der Waals surface area (Å²) in [6.45, 7) is -0.133. The molecule has 2 atom stereocenters. The zero-order valence-corrected chi connectivity index (χ0v) is 16.6. The molecule has 6 heteroatoms. The van der Waals surface area contributed by atoms with Crippen molar-refractivity contribution in [1.82, 2.24) is 5.32 Å². The number of alkyl carbamates (subject to hydrolysis) is 1. The van der Waals surface area contributed by atoms with Gasteiger partial charge in [0, 0.05) is 5.92 Å². The lowest BCUT2D eigenvalue weighted by molar-refractivity contribution is -0.140. The van der Waals surface area contributed by atoms with Crippen molar-refractivity contribution in [3.8, 4) is 11.1 Å². The van der Waals surface area contributed by atoms with Crippen molar-refractivity contribution in [3.05, 3.63) is 71.3 Å². The molecule has 0 saturated heterocycles. The predicted molar refractivity (Wildman–Crippen MR) is 112 cm³/mol. The Morgan fingerprint density at radius 1 is 1.10 bits per heavy atom. The largest absolute Gasteiger partial charge is 0.481 e. The van der Waals surface area contributed by atoms with Gasteiger partial charge >= 0.3 is 12.1 Å². The third-order valence-corrected chi connectivity index (χ3v) is 5.96. The van der Waals surface area contributed by atoms with Crippen molar-refractivity contribution in [2.45, 2.75) is 31.2 Å². The van der Waals surface area contributed by atoms with Crippen LogP contribution in [0, 0.1) is 5.92 Å². The topological polar surface area (TPSA) is 95.9 Å². The Morgan fingerprint density at radius 3 is 2.33 bits per heavy atom. The zero-order chi connectivity index (χ0) is 21.1. The lowest BCUT2D eigenvalue weighted by Crippen LogP contribution is -2.37. The minimum Gasteiger partial charge on any atom is -0.481 e. The Kier molecular flexibility index (Phi) is 5.86. The van der Waals surface area contributed by atoms with Crippen molar-refractivity contribution >= 4 is 12.1 Å². The van der Waals surface area contributed by atoms with E-state index in [1.807, 2.05) is 36.4 Å². The smallest absolute Gasteiger partial charge is 0.407 e. The summed E-state index contributed by atoms with van der Waals surface area (Å²) in [5.41, 5.74) is 5.31. The van der Waals surface area contributed by atoms with Gasteiger partial charge in [0.1, 0.15) is 6.61 Å². The van der Waals surface area contributed by atoms with Gasteiger partial charge in [0.15, 0.2) is 0 Å². The molecule has 0 radical (unpaired) electrons. The summed E-state index contributed by atoms with van der Waals surface area (Å²) < 4.78 is 5.50. The number of carboxylic acids is 1. The first kappa shape index (κ1) is 20.2. The summed E-state index contributed by atoms with van der Waals surface area (Å²) in [6, 6.07) is 15.5. The van der Waals surface area contributed by atoms with Crippen LogP contribution in [0.5, 0.6) is 0 Å². The standard InChI is InChI=1S/C24H25NO5/c26-13-16(12-15-6-5-11-17(15)23(27)28)25-24(29)30-14-22-20-9-3-1-7-18(20)19-8-2-4-10-21(19)22/h1-4,7-10,12,16-17,22,26H,5-6,11,13-14H2,(H,25,29)(H,27,28)/b15-12+/t16-,17+/m0/s1. The number of hydrogen-bond donors (Lipinski definition) is 3. The van der Waals surface area contributed by atoms with Crippen LogP contribution < -0.4 is 5.32 Å². The summed E-state index contributed by atoms with van der Waals surface area (Å²) in [5, 5.41) is 21.6. The molecule has 30 heavy (non-hydrogen) atoms. The normalized spacial score (nSPS) is 19.9. The van der Waals surface area contributed by atoms with E-state index >= 15 is 0 Å². The highest BCUT2D eigenvalue weighted by Gasteiger charge is 2.30. The van der Waals surface area contributed by atoms with Gasteiger partial charge < -0.3 is 20.3 Å². The predicted octanol–water partition coefficient (Wildman–Crippen LogP) is 3.70. The van der Waals surface area contributed by atoms with Gasteiger partial charge in [0.05, 0.1) is 18.6 Å². The number of benzene rings is 2. The molecule has 2 aliphatic carbocycles. The number of ether oxygens (including phenoxy) is 1. The first-order valence-electron chi connectivity index (χ1n) is 10.2. The second kappa shape index (κ2) is 8.71. The zero-order valence-electron chi connectivity index (χ0n) is 16.6. The molecule has 0 unspecified atom stereocenters. The third-order valence-electron chi connectivity index (χ3n) is 5.96.